The van der Waals surface area contributed by atoms with Crippen LogP contribution in [0, 0.1) is 0 Å². The molecule has 0 aliphatic rings. The molecule has 90 valence electrons. The van der Waals surface area contributed by atoms with Crippen molar-refractivity contribution in [2.45, 2.75) is 6.42 Å². The van der Waals surface area contributed by atoms with Crippen molar-refractivity contribution in [1.82, 2.24) is 0 Å². The molecule has 0 fully saturated rings. The number of benzene rings is 1. The summed E-state index contributed by atoms with van der Waals surface area (Å²) in [5.41, 5.74) is 0. The highest BCUT2D eigenvalue weighted by Gasteiger charge is 2.16. The molecule has 1 aromatic rings. The van der Waals surface area contributed by atoms with Crippen molar-refractivity contribution < 1.29 is 28.6 Å². The van der Waals surface area contributed by atoms with Crippen molar-refractivity contribution in [2.75, 3.05) is 7.11 Å². The summed E-state index contributed by atoms with van der Waals surface area (Å²) in [5.74, 6) is -1.54. The molecule has 0 radical (unpaired) electrons. The van der Waals surface area contributed by atoms with Crippen molar-refractivity contribution in [3.05, 3.63) is 30.3 Å². The molecule has 0 atom stereocenters. The summed E-state index contributed by atoms with van der Waals surface area (Å²) in [6, 6.07) is 8.22. The number of rotatable bonds is 3. The van der Waals surface area contributed by atoms with Gasteiger partial charge in [0.25, 0.3) is 0 Å². The second kappa shape index (κ2) is 6.26. The Morgan fingerprint density at radius 3 is 2.29 bits per heavy atom. The molecule has 0 heterocycles. The predicted octanol–water partition coefficient (Wildman–Crippen LogP) is 1.29. The van der Waals surface area contributed by atoms with E-state index in [-0.39, 0.29) is 0 Å². The monoisotopic (exact) mass is 238 g/mol. The standard InChI is InChI=1S/C11H10O6/c1-15-11(14)17-10(13)7-9(12)16-8-5-3-2-4-6-8/h2-6H,7H2,1H3. The number of hydrogen-bond acceptors (Lipinski definition) is 6. The lowest BCUT2D eigenvalue weighted by Gasteiger charge is -2.03. The third-order valence-electron chi connectivity index (χ3n) is 1.63. The van der Waals surface area contributed by atoms with Crippen molar-refractivity contribution in [3.8, 4) is 5.75 Å². The molecule has 0 saturated carbocycles. The van der Waals surface area contributed by atoms with Gasteiger partial charge in [0.15, 0.2) is 0 Å². The molecule has 0 aliphatic carbocycles. The number of methoxy groups -OCH3 is 1. The molecular weight excluding hydrogens is 228 g/mol. The van der Waals surface area contributed by atoms with Gasteiger partial charge in [-0.25, -0.2) is 4.79 Å². The van der Waals surface area contributed by atoms with Crippen molar-refractivity contribution in [2.24, 2.45) is 0 Å². The van der Waals surface area contributed by atoms with Crippen LogP contribution in [0.1, 0.15) is 6.42 Å². The predicted molar refractivity (Wildman–Crippen MR) is 55.2 cm³/mol. The summed E-state index contributed by atoms with van der Waals surface area (Å²) in [7, 11) is 1.05. The lowest BCUT2D eigenvalue weighted by molar-refractivity contribution is -0.147. The van der Waals surface area contributed by atoms with E-state index in [2.05, 4.69) is 9.47 Å². The zero-order valence-corrected chi connectivity index (χ0v) is 9.04. The Labute approximate surface area is 97.1 Å². The van der Waals surface area contributed by atoms with Gasteiger partial charge in [-0.2, -0.15) is 0 Å². The van der Waals surface area contributed by atoms with Crippen LogP contribution in [0.4, 0.5) is 4.79 Å². The second-order valence-electron chi connectivity index (χ2n) is 2.89. The van der Waals surface area contributed by atoms with Gasteiger partial charge < -0.3 is 14.2 Å². The van der Waals surface area contributed by atoms with E-state index in [1.165, 1.54) is 0 Å². The molecule has 1 rings (SSSR count). The molecule has 0 amide bonds. The Balaban J connectivity index is 2.40. The number of para-hydroxylation sites is 1. The molecule has 1 aromatic carbocycles. The van der Waals surface area contributed by atoms with Gasteiger partial charge in [-0.15, -0.1) is 0 Å². The zero-order valence-electron chi connectivity index (χ0n) is 9.04. The van der Waals surface area contributed by atoms with Crippen LogP contribution in [-0.2, 0) is 19.1 Å². The fraction of sp³-hybridized carbons (Fsp3) is 0.182. The third-order valence-corrected chi connectivity index (χ3v) is 1.63. The van der Waals surface area contributed by atoms with Crippen molar-refractivity contribution in [3.63, 3.8) is 0 Å². The Morgan fingerprint density at radius 1 is 1.06 bits per heavy atom. The van der Waals surface area contributed by atoms with Gasteiger partial charge in [0, 0.05) is 0 Å². The molecule has 0 aromatic heterocycles. The highest BCUT2D eigenvalue weighted by atomic mass is 16.7. The van der Waals surface area contributed by atoms with E-state index in [1.54, 1.807) is 30.3 Å². The molecule has 0 N–H and O–H groups in total. The summed E-state index contributed by atoms with van der Waals surface area (Å²) >= 11 is 0. The lowest BCUT2D eigenvalue weighted by Crippen LogP contribution is -2.19. The van der Waals surface area contributed by atoms with E-state index >= 15 is 0 Å². The normalized spacial score (nSPS) is 9.24. The third kappa shape index (κ3) is 4.78. The van der Waals surface area contributed by atoms with Crippen LogP contribution in [0.5, 0.6) is 5.75 Å². The average molecular weight is 238 g/mol. The maximum absolute atomic E-state index is 11.2. The Morgan fingerprint density at radius 2 is 1.71 bits per heavy atom. The molecule has 0 bridgehead atoms. The summed E-state index contributed by atoms with van der Waals surface area (Å²) in [5, 5.41) is 0. The molecule has 0 unspecified atom stereocenters. The SMILES string of the molecule is COC(=O)OC(=O)CC(=O)Oc1ccccc1. The summed E-state index contributed by atoms with van der Waals surface area (Å²) in [4.78, 5) is 32.8. The smallest absolute Gasteiger partial charge is 0.437 e. The maximum Gasteiger partial charge on any atom is 0.515 e. The average Bonchev–Trinajstić information content (AvgIpc) is 2.29. The van der Waals surface area contributed by atoms with Gasteiger partial charge >= 0.3 is 18.1 Å². The van der Waals surface area contributed by atoms with Crippen LogP contribution in [0.15, 0.2) is 30.3 Å². The van der Waals surface area contributed by atoms with Crippen LogP contribution >= 0.6 is 0 Å². The number of ether oxygens (including phenoxy) is 3. The summed E-state index contributed by atoms with van der Waals surface area (Å²) in [6.45, 7) is 0. The second-order valence-corrected chi connectivity index (χ2v) is 2.89. The Kier molecular flexibility index (Phi) is 4.68. The first-order valence-electron chi connectivity index (χ1n) is 4.66. The first-order chi connectivity index (χ1) is 8.11. The zero-order chi connectivity index (χ0) is 12.7. The van der Waals surface area contributed by atoms with Crippen LogP contribution in [0.25, 0.3) is 0 Å². The molecule has 0 saturated heterocycles. The van der Waals surface area contributed by atoms with Gasteiger partial charge in [-0.1, -0.05) is 18.2 Å². The van der Waals surface area contributed by atoms with E-state index in [0.29, 0.717) is 5.75 Å². The minimum absolute atomic E-state index is 0.309. The Hall–Kier alpha value is -2.37. The van der Waals surface area contributed by atoms with Crippen LogP contribution in [0.3, 0.4) is 0 Å². The summed E-state index contributed by atoms with van der Waals surface area (Å²) < 4.78 is 13.0. The highest BCUT2D eigenvalue weighted by Crippen LogP contribution is 2.09. The van der Waals surface area contributed by atoms with Crippen LogP contribution < -0.4 is 4.74 Å². The van der Waals surface area contributed by atoms with E-state index in [0.717, 1.165) is 7.11 Å². The van der Waals surface area contributed by atoms with E-state index in [9.17, 15) is 14.4 Å². The number of carbonyl (C=O) groups is 3. The molecule has 6 nitrogen and oxygen atoms in total. The van der Waals surface area contributed by atoms with Crippen molar-refractivity contribution >= 4 is 18.1 Å². The van der Waals surface area contributed by atoms with E-state index < -0.39 is 24.5 Å². The summed E-state index contributed by atoms with van der Waals surface area (Å²) in [6.07, 6.45) is -1.83. The lowest BCUT2D eigenvalue weighted by atomic mass is 10.3. The van der Waals surface area contributed by atoms with E-state index in [1.807, 2.05) is 0 Å². The molecule has 0 spiro atoms. The highest BCUT2D eigenvalue weighted by molar-refractivity contribution is 5.95. The van der Waals surface area contributed by atoms with Gasteiger partial charge in [0.05, 0.1) is 7.11 Å². The largest absolute Gasteiger partial charge is 0.515 e. The van der Waals surface area contributed by atoms with Crippen LogP contribution in [0.2, 0.25) is 0 Å². The van der Waals surface area contributed by atoms with Crippen LogP contribution in [-0.4, -0.2) is 25.2 Å². The number of carbonyl (C=O) groups excluding carboxylic acids is 3. The van der Waals surface area contributed by atoms with E-state index in [4.69, 9.17) is 4.74 Å². The quantitative estimate of drug-likeness (QED) is 0.448. The minimum atomic E-state index is -1.16. The van der Waals surface area contributed by atoms with Gasteiger partial charge in [0.1, 0.15) is 12.2 Å². The first kappa shape index (κ1) is 12.7. The Bertz CT molecular complexity index is 411. The topological polar surface area (TPSA) is 78.9 Å². The van der Waals surface area contributed by atoms with Gasteiger partial charge in [-0.3, -0.25) is 9.59 Å². The maximum atomic E-state index is 11.2. The van der Waals surface area contributed by atoms with Crippen molar-refractivity contribution in [1.29, 1.82) is 0 Å². The molecular formula is C11H10O6. The fourth-order valence-electron chi connectivity index (χ4n) is 0.945. The molecule has 6 heteroatoms. The number of hydrogen-bond donors (Lipinski definition) is 0. The van der Waals surface area contributed by atoms with Gasteiger partial charge in [-0.05, 0) is 12.1 Å². The minimum Gasteiger partial charge on any atom is -0.437 e. The first-order valence-corrected chi connectivity index (χ1v) is 4.66. The molecule has 0 aliphatic heterocycles. The molecule has 17 heavy (non-hydrogen) atoms. The fourth-order valence-corrected chi connectivity index (χ4v) is 0.945. The number of esters is 2. The van der Waals surface area contributed by atoms with Gasteiger partial charge in [0.2, 0.25) is 0 Å².